The van der Waals surface area contributed by atoms with Crippen molar-refractivity contribution in [1.82, 2.24) is 10.2 Å². The molecule has 0 saturated carbocycles. The molecule has 124 valence electrons. The average molecular weight is 316 g/mol. The number of nitrogens with zero attached hydrogens (tertiary/aromatic N) is 1. The van der Waals surface area contributed by atoms with Crippen molar-refractivity contribution in [1.29, 1.82) is 0 Å². The number of rotatable bonds is 1. The topological polar surface area (TPSA) is 58.6 Å². The minimum absolute atomic E-state index is 0.0532. The average Bonchev–Trinajstić information content (AvgIpc) is 3.05. The van der Waals surface area contributed by atoms with Gasteiger partial charge in [0.2, 0.25) is 5.91 Å². The summed E-state index contributed by atoms with van der Waals surface area (Å²) < 4.78 is 5.46. The van der Waals surface area contributed by atoms with E-state index < -0.39 is 11.0 Å². The normalized spacial score (nSPS) is 27.3. The molecule has 23 heavy (non-hydrogen) atoms. The van der Waals surface area contributed by atoms with Gasteiger partial charge in [-0.1, -0.05) is 30.3 Å². The fourth-order valence-electron chi connectivity index (χ4n) is 3.63. The minimum atomic E-state index is -0.530. The van der Waals surface area contributed by atoms with Crippen molar-refractivity contribution in [2.45, 2.75) is 38.7 Å². The zero-order valence-electron chi connectivity index (χ0n) is 14.0. The van der Waals surface area contributed by atoms with Crippen LogP contribution in [-0.4, -0.2) is 42.1 Å². The summed E-state index contributed by atoms with van der Waals surface area (Å²) in [4.78, 5) is 26.5. The zero-order chi connectivity index (χ0) is 16.7. The number of amides is 2. The molecule has 5 heteroatoms. The summed E-state index contributed by atoms with van der Waals surface area (Å²) in [5.41, 5.74) is 0.0962. The van der Waals surface area contributed by atoms with Gasteiger partial charge in [-0.15, -0.1) is 0 Å². The molecule has 0 aliphatic carbocycles. The number of hydrogen-bond acceptors (Lipinski definition) is 3. The number of nitrogens with one attached hydrogen (secondary N) is 1. The van der Waals surface area contributed by atoms with Crippen LogP contribution >= 0.6 is 0 Å². The molecule has 2 aliphatic rings. The van der Waals surface area contributed by atoms with Gasteiger partial charge >= 0.3 is 6.09 Å². The Kier molecular flexibility index (Phi) is 3.82. The van der Waals surface area contributed by atoms with Gasteiger partial charge in [-0.2, -0.15) is 0 Å². The van der Waals surface area contributed by atoms with Crippen LogP contribution in [0.4, 0.5) is 4.79 Å². The molecule has 3 rings (SSSR count). The molecule has 2 heterocycles. The summed E-state index contributed by atoms with van der Waals surface area (Å²) in [6.45, 7) is 7.17. The summed E-state index contributed by atoms with van der Waals surface area (Å²) >= 11 is 0. The predicted molar refractivity (Wildman–Crippen MR) is 87.0 cm³/mol. The second-order valence-electron chi connectivity index (χ2n) is 7.48. The van der Waals surface area contributed by atoms with Crippen molar-refractivity contribution >= 4 is 12.0 Å². The van der Waals surface area contributed by atoms with Crippen LogP contribution in [-0.2, 0) is 9.53 Å². The summed E-state index contributed by atoms with van der Waals surface area (Å²) in [5, 5.41) is 2.99. The second kappa shape index (κ2) is 5.55. The molecule has 1 spiro atoms. The highest BCUT2D eigenvalue weighted by atomic mass is 16.6. The fraction of sp³-hybridized carbons (Fsp3) is 0.556. The highest BCUT2D eigenvalue weighted by Crippen LogP contribution is 2.47. The van der Waals surface area contributed by atoms with Crippen LogP contribution in [0, 0.1) is 5.41 Å². The maximum absolute atomic E-state index is 12.5. The molecular formula is C18H24N2O3. The molecule has 2 atom stereocenters. The first-order chi connectivity index (χ1) is 10.8. The highest BCUT2D eigenvalue weighted by Gasteiger charge is 2.55. The third-order valence-corrected chi connectivity index (χ3v) is 4.74. The van der Waals surface area contributed by atoms with Crippen molar-refractivity contribution in [2.75, 3.05) is 19.6 Å². The standard InChI is InChI=1S/C18H24N2O3/c1-17(2,3)23-16(22)20-10-9-18(12-20)14(11-19-15(18)21)13-7-5-4-6-8-13/h4-8,14H,9-12H2,1-3H3,(H,19,21). The van der Waals surface area contributed by atoms with E-state index in [9.17, 15) is 9.59 Å². The van der Waals surface area contributed by atoms with Crippen molar-refractivity contribution < 1.29 is 14.3 Å². The van der Waals surface area contributed by atoms with Crippen molar-refractivity contribution in [3.05, 3.63) is 35.9 Å². The number of likely N-dealkylation sites (tertiary alicyclic amines) is 1. The van der Waals surface area contributed by atoms with Crippen LogP contribution in [0.3, 0.4) is 0 Å². The molecular weight excluding hydrogens is 292 g/mol. The maximum atomic E-state index is 12.5. The van der Waals surface area contributed by atoms with Crippen LogP contribution in [0.2, 0.25) is 0 Å². The van der Waals surface area contributed by atoms with Gasteiger partial charge in [0, 0.05) is 25.6 Å². The number of ether oxygens (including phenoxy) is 1. The lowest BCUT2D eigenvalue weighted by atomic mass is 9.73. The lowest BCUT2D eigenvalue weighted by molar-refractivity contribution is -0.127. The van der Waals surface area contributed by atoms with E-state index in [0.717, 1.165) is 5.56 Å². The third kappa shape index (κ3) is 2.92. The number of hydrogen-bond donors (Lipinski definition) is 1. The molecule has 5 nitrogen and oxygen atoms in total. The first kappa shape index (κ1) is 15.8. The van der Waals surface area contributed by atoms with E-state index in [4.69, 9.17) is 4.74 Å². The van der Waals surface area contributed by atoms with Crippen molar-refractivity contribution in [3.63, 3.8) is 0 Å². The van der Waals surface area contributed by atoms with Crippen LogP contribution in [0.1, 0.15) is 38.7 Å². The highest BCUT2D eigenvalue weighted by molar-refractivity contribution is 5.88. The third-order valence-electron chi connectivity index (χ3n) is 4.74. The molecule has 2 amide bonds. The Hall–Kier alpha value is -2.04. The van der Waals surface area contributed by atoms with Gasteiger partial charge in [-0.3, -0.25) is 4.79 Å². The predicted octanol–water partition coefficient (Wildman–Crippen LogP) is 2.53. The van der Waals surface area contributed by atoms with Crippen LogP contribution in [0.5, 0.6) is 0 Å². The van der Waals surface area contributed by atoms with Crippen LogP contribution in [0.25, 0.3) is 0 Å². The molecule has 1 aromatic rings. The Morgan fingerprint density at radius 2 is 2.00 bits per heavy atom. The number of carbonyl (C=O) groups excluding carboxylic acids is 2. The van der Waals surface area contributed by atoms with Crippen molar-refractivity contribution in [2.24, 2.45) is 5.41 Å². The fourth-order valence-corrected chi connectivity index (χ4v) is 3.63. The van der Waals surface area contributed by atoms with Gasteiger partial charge in [0.25, 0.3) is 0 Å². The largest absolute Gasteiger partial charge is 0.444 e. The van der Waals surface area contributed by atoms with Gasteiger partial charge in [0.05, 0.1) is 5.41 Å². The summed E-state index contributed by atoms with van der Waals surface area (Å²) in [6.07, 6.45) is 0.346. The van der Waals surface area contributed by atoms with Gasteiger partial charge in [0.15, 0.2) is 0 Å². The first-order valence-electron chi connectivity index (χ1n) is 8.13. The Morgan fingerprint density at radius 1 is 1.30 bits per heavy atom. The van der Waals surface area contributed by atoms with E-state index >= 15 is 0 Å². The lowest BCUT2D eigenvalue weighted by Gasteiger charge is -2.29. The zero-order valence-corrected chi connectivity index (χ0v) is 14.0. The van der Waals surface area contributed by atoms with Crippen LogP contribution in [0.15, 0.2) is 30.3 Å². The SMILES string of the molecule is CC(C)(C)OC(=O)N1CCC2(C1)C(=O)NCC2c1ccccc1. The van der Waals surface area contributed by atoms with E-state index in [1.807, 2.05) is 39.0 Å². The molecule has 0 bridgehead atoms. The van der Waals surface area contributed by atoms with E-state index in [1.54, 1.807) is 4.90 Å². The monoisotopic (exact) mass is 316 g/mol. The lowest BCUT2D eigenvalue weighted by Crippen LogP contribution is -2.40. The smallest absolute Gasteiger partial charge is 0.410 e. The minimum Gasteiger partial charge on any atom is -0.444 e. The Balaban J connectivity index is 1.81. The molecule has 2 fully saturated rings. The molecule has 1 aromatic carbocycles. The van der Waals surface area contributed by atoms with Crippen LogP contribution < -0.4 is 5.32 Å². The van der Waals surface area contributed by atoms with Gasteiger partial charge in [-0.25, -0.2) is 4.79 Å². The second-order valence-corrected chi connectivity index (χ2v) is 7.48. The maximum Gasteiger partial charge on any atom is 0.410 e. The van der Waals surface area contributed by atoms with Crippen molar-refractivity contribution in [3.8, 4) is 0 Å². The molecule has 1 N–H and O–H groups in total. The molecule has 0 radical (unpaired) electrons. The van der Waals surface area contributed by atoms with E-state index in [1.165, 1.54) is 0 Å². The summed E-state index contributed by atoms with van der Waals surface area (Å²) in [6, 6.07) is 10.1. The number of benzene rings is 1. The Labute approximate surface area is 137 Å². The van der Waals surface area contributed by atoms with E-state index in [2.05, 4.69) is 17.4 Å². The Morgan fingerprint density at radius 3 is 2.65 bits per heavy atom. The van der Waals surface area contributed by atoms with Gasteiger partial charge in [0.1, 0.15) is 5.60 Å². The van der Waals surface area contributed by atoms with E-state index in [-0.39, 0.29) is 17.9 Å². The quantitative estimate of drug-likeness (QED) is 0.866. The van der Waals surface area contributed by atoms with Gasteiger partial charge < -0.3 is 15.0 Å². The molecule has 2 saturated heterocycles. The summed E-state index contributed by atoms with van der Waals surface area (Å²) in [7, 11) is 0. The molecule has 0 aromatic heterocycles. The van der Waals surface area contributed by atoms with Gasteiger partial charge in [-0.05, 0) is 32.8 Å². The molecule has 2 aliphatic heterocycles. The summed E-state index contributed by atoms with van der Waals surface area (Å²) in [5.74, 6) is 0.154. The Bertz CT molecular complexity index is 608. The van der Waals surface area contributed by atoms with E-state index in [0.29, 0.717) is 26.1 Å². The molecule has 2 unspecified atom stereocenters. The first-order valence-corrected chi connectivity index (χ1v) is 8.13. The number of carbonyl (C=O) groups is 2.